The quantitative estimate of drug-likeness (QED) is 0.328. The third-order valence-corrected chi connectivity index (χ3v) is 4.10. The van der Waals surface area contributed by atoms with E-state index >= 15 is 0 Å². The highest BCUT2D eigenvalue weighted by Crippen LogP contribution is 2.06. The zero-order valence-electron chi connectivity index (χ0n) is 16.2. The summed E-state index contributed by atoms with van der Waals surface area (Å²) in [5, 5.41) is 17.9. The molecule has 1 aromatic carbocycles. The van der Waals surface area contributed by atoms with Crippen LogP contribution in [-0.2, 0) is 20.9 Å². The number of benzene rings is 1. The Labute approximate surface area is 160 Å². The van der Waals surface area contributed by atoms with Gasteiger partial charge in [0.1, 0.15) is 0 Å². The second kappa shape index (κ2) is 12.1. The van der Waals surface area contributed by atoms with Crippen molar-refractivity contribution in [3.8, 4) is 0 Å². The monoisotopic (exact) mass is 377 g/mol. The fourth-order valence-corrected chi connectivity index (χ4v) is 2.60. The molecule has 0 spiro atoms. The molecule has 1 unspecified atom stereocenters. The minimum Gasteiger partial charge on any atom is -0.362 e. The number of carbonyl (C=O) groups is 3. The van der Waals surface area contributed by atoms with Crippen LogP contribution in [0.5, 0.6) is 0 Å². The maximum atomic E-state index is 12.4. The molecule has 27 heavy (non-hydrogen) atoms. The van der Waals surface area contributed by atoms with Gasteiger partial charge < -0.3 is 21.1 Å². The lowest BCUT2D eigenvalue weighted by Gasteiger charge is -2.27. The van der Waals surface area contributed by atoms with E-state index in [1.165, 1.54) is 6.92 Å². The van der Waals surface area contributed by atoms with Gasteiger partial charge in [-0.15, -0.1) is 0 Å². The first-order valence-corrected chi connectivity index (χ1v) is 9.47. The van der Waals surface area contributed by atoms with Crippen LogP contribution in [0.25, 0.3) is 0 Å². The molecule has 3 amide bonds. The van der Waals surface area contributed by atoms with Crippen molar-refractivity contribution in [1.29, 1.82) is 0 Å². The van der Waals surface area contributed by atoms with E-state index in [1.807, 2.05) is 30.3 Å². The summed E-state index contributed by atoms with van der Waals surface area (Å²) in [4.78, 5) is 35.7. The number of rotatable bonds is 12. The topological polar surface area (TPSA) is 108 Å². The summed E-state index contributed by atoms with van der Waals surface area (Å²) in [5.41, 5.74) is -1.34. The fourth-order valence-electron chi connectivity index (χ4n) is 2.60. The summed E-state index contributed by atoms with van der Waals surface area (Å²) < 4.78 is 0. The molecule has 0 aliphatic heterocycles. The maximum Gasteiger partial charge on any atom is 0.275 e. The molecule has 7 nitrogen and oxygen atoms in total. The molecule has 0 aliphatic rings. The normalized spacial score (nSPS) is 12.7. The van der Waals surface area contributed by atoms with Gasteiger partial charge in [-0.1, -0.05) is 62.9 Å². The summed E-state index contributed by atoms with van der Waals surface area (Å²) in [6.07, 6.45) is 5.41. The van der Waals surface area contributed by atoms with Crippen molar-refractivity contribution in [3.05, 3.63) is 35.9 Å². The smallest absolute Gasteiger partial charge is 0.275 e. The van der Waals surface area contributed by atoms with Crippen LogP contribution in [0, 0.1) is 0 Å². The van der Waals surface area contributed by atoms with Gasteiger partial charge in [-0.05, 0) is 12.0 Å². The average Bonchev–Trinajstić information content (AvgIpc) is 2.64. The number of hydrogen-bond donors (Lipinski definition) is 4. The minimum absolute atomic E-state index is 0.201. The van der Waals surface area contributed by atoms with Gasteiger partial charge >= 0.3 is 0 Å². The van der Waals surface area contributed by atoms with E-state index in [-0.39, 0.29) is 19.0 Å². The van der Waals surface area contributed by atoms with Crippen LogP contribution in [0.1, 0.15) is 57.9 Å². The van der Waals surface area contributed by atoms with E-state index in [9.17, 15) is 19.5 Å². The molecular weight excluding hydrogens is 346 g/mol. The Morgan fingerprint density at radius 3 is 2.30 bits per heavy atom. The molecule has 4 N–H and O–H groups in total. The Hall–Kier alpha value is -2.41. The van der Waals surface area contributed by atoms with Gasteiger partial charge in [-0.25, -0.2) is 0 Å². The van der Waals surface area contributed by atoms with Gasteiger partial charge in [0.25, 0.3) is 5.91 Å². The van der Waals surface area contributed by atoms with Crippen molar-refractivity contribution in [3.63, 3.8) is 0 Å². The van der Waals surface area contributed by atoms with Crippen LogP contribution in [0.4, 0.5) is 0 Å². The van der Waals surface area contributed by atoms with E-state index in [4.69, 9.17) is 0 Å². The molecule has 0 radical (unpaired) electrons. The third-order valence-electron chi connectivity index (χ3n) is 4.10. The van der Waals surface area contributed by atoms with Gasteiger partial charge in [0, 0.05) is 19.9 Å². The number of hydrogen-bond acceptors (Lipinski definition) is 4. The van der Waals surface area contributed by atoms with E-state index in [0.29, 0.717) is 6.42 Å². The lowest BCUT2D eigenvalue weighted by atomic mass is 10.1. The Morgan fingerprint density at radius 2 is 1.67 bits per heavy atom. The Morgan fingerprint density at radius 1 is 1.00 bits per heavy atom. The fraction of sp³-hybridized carbons (Fsp3) is 0.550. The molecule has 0 heterocycles. The van der Waals surface area contributed by atoms with Gasteiger partial charge in [0.05, 0.1) is 6.54 Å². The Bertz CT molecular complexity index is 607. The van der Waals surface area contributed by atoms with Crippen LogP contribution < -0.4 is 16.0 Å². The van der Waals surface area contributed by atoms with Gasteiger partial charge in [0.15, 0.2) is 0 Å². The van der Waals surface area contributed by atoms with Crippen LogP contribution in [0.15, 0.2) is 30.3 Å². The lowest BCUT2D eigenvalue weighted by molar-refractivity contribution is -0.149. The SMILES string of the molecule is CCCCCCCC(=O)NCC(O)(NC(C)=O)C(=O)NCc1ccccc1. The van der Waals surface area contributed by atoms with Gasteiger partial charge in [-0.2, -0.15) is 0 Å². The molecule has 1 rings (SSSR count). The highest BCUT2D eigenvalue weighted by molar-refractivity contribution is 5.90. The minimum atomic E-state index is -2.20. The highest BCUT2D eigenvalue weighted by atomic mass is 16.3. The molecule has 1 atom stereocenters. The summed E-state index contributed by atoms with van der Waals surface area (Å²) in [6, 6.07) is 9.19. The number of aliphatic hydroxyl groups is 1. The van der Waals surface area contributed by atoms with Crippen LogP contribution in [-0.4, -0.2) is 35.1 Å². The molecule has 0 saturated heterocycles. The Balaban J connectivity index is 2.52. The second-order valence-electron chi connectivity index (χ2n) is 6.65. The zero-order valence-corrected chi connectivity index (χ0v) is 16.2. The van der Waals surface area contributed by atoms with E-state index in [2.05, 4.69) is 22.9 Å². The number of unbranched alkanes of at least 4 members (excludes halogenated alkanes) is 4. The predicted octanol–water partition coefficient (Wildman–Crippen LogP) is 1.60. The first-order valence-electron chi connectivity index (χ1n) is 9.47. The summed E-state index contributed by atoms with van der Waals surface area (Å²) in [5.74, 6) is -1.60. The van der Waals surface area contributed by atoms with Crippen molar-refractivity contribution in [2.24, 2.45) is 0 Å². The molecule has 150 valence electrons. The highest BCUT2D eigenvalue weighted by Gasteiger charge is 2.37. The molecule has 0 saturated carbocycles. The van der Waals surface area contributed by atoms with E-state index in [1.54, 1.807) is 0 Å². The number of amides is 3. The molecular formula is C20H31N3O4. The molecule has 0 aromatic heterocycles. The van der Waals surface area contributed by atoms with Crippen molar-refractivity contribution < 1.29 is 19.5 Å². The number of nitrogens with one attached hydrogen (secondary N) is 3. The van der Waals surface area contributed by atoms with Crippen LogP contribution >= 0.6 is 0 Å². The summed E-state index contributed by atoms with van der Waals surface area (Å²) in [6.45, 7) is 3.14. The second-order valence-corrected chi connectivity index (χ2v) is 6.65. The molecule has 0 fully saturated rings. The van der Waals surface area contributed by atoms with Crippen LogP contribution in [0.2, 0.25) is 0 Å². The zero-order chi connectivity index (χ0) is 20.1. The van der Waals surface area contributed by atoms with E-state index < -0.39 is 17.5 Å². The predicted molar refractivity (Wildman–Crippen MR) is 103 cm³/mol. The molecule has 0 bridgehead atoms. The van der Waals surface area contributed by atoms with Gasteiger partial charge in [-0.3, -0.25) is 14.4 Å². The first-order chi connectivity index (χ1) is 12.9. The summed E-state index contributed by atoms with van der Waals surface area (Å²) >= 11 is 0. The van der Waals surface area contributed by atoms with Crippen molar-refractivity contribution in [1.82, 2.24) is 16.0 Å². The Kier molecular flexibility index (Phi) is 10.1. The standard InChI is InChI=1S/C20H31N3O4/c1-3-4-5-6-10-13-18(25)22-15-20(27,23-16(2)24)19(26)21-14-17-11-8-7-9-12-17/h7-9,11-12,27H,3-6,10,13-15H2,1-2H3,(H,21,26)(H,22,25)(H,23,24). The summed E-state index contributed by atoms with van der Waals surface area (Å²) in [7, 11) is 0. The largest absolute Gasteiger partial charge is 0.362 e. The van der Waals surface area contributed by atoms with E-state index in [0.717, 1.165) is 37.7 Å². The average molecular weight is 377 g/mol. The third kappa shape index (κ3) is 9.19. The lowest BCUT2D eigenvalue weighted by Crippen LogP contribution is -2.63. The molecule has 7 heteroatoms. The van der Waals surface area contributed by atoms with Crippen molar-refractivity contribution in [2.45, 2.75) is 64.6 Å². The number of carbonyl (C=O) groups excluding carboxylic acids is 3. The van der Waals surface area contributed by atoms with Crippen LogP contribution in [0.3, 0.4) is 0 Å². The van der Waals surface area contributed by atoms with Crippen molar-refractivity contribution in [2.75, 3.05) is 6.54 Å². The van der Waals surface area contributed by atoms with Crippen molar-refractivity contribution >= 4 is 17.7 Å². The molecule has 1 aromatic rings. The van der Waals surface area contributed by atoms with Gasteiger partial charge in [0.2, 0.25) is 17.5 Å². The molecule has 0 aliphatic carbocycles. The first kappa shape index (κ1) is 22.6. The maximum absolute atomic E-state index is 12.4.